The normalized spacial score (nSPS) is 23.8. The lowest BCUT2D eigenvalue weighted by Crippen LogP contribution is -2.45. The minimum Gasteiger partial charge on any atom is -0.349 e. The maximum absolute atomic E-state index is 14.3. The molecule has 1 aromatic carbocycles. The average Bonchev–Trinajstić information content (AvgIpc) is 3.34. The van der Waals surface area contributed by atoms with Gasteiger partial charge in [0.1, 0.15) is 18.0 Å². The van der Waals surface area contributed by atoms with Crippen LogP contribution in [0.2, 0.25) is 0 Å². The van der Waals surface area contributed by atoms with Crippen molar-refractivity contribution in [3.8, 4) is 0 Å². The molecule has 1 atom stereocenters. The quantitative estimate of drug-likeness (QED) is 0.610. The molecule has 2 aliphatic rings. The molecule has 0 spiro atoms. The van der Waals surface area contributed by atoms with Gasteiger partial charge in [0.25, 0.3) is 0 Å². The molecule has 0 bridgehead atoms. The summed E-state index contributed by atoms with van der Waals surface area (Å²) in [5, 5.41) is 2.88. The van der Waals surface area contributed by atoms with Crippen molar-refractivity contribution in [1.29, 1.82) is 0 Å². The summed E-state index contributed by atoms with van der Waals surface area (Å²) in [6.07, 6.45) is 6.06. The second-order valence-electron chi connectivity index (χ2n) is 10.4. The van der Waals surface area contributed by atoms with Gasteiger partial charge in [0, 0.05) is 18.2 Å². The van der Waals surface area contributed by atoms with Gasteiger partial charge in [-0.3, -0.25) is 4.79 Å². The SMILES string of the molecule is Cc1ccc(S(=O)(=O)N2CCCC2C(=O)NCc2cc([C@H]3CC[C@@H](C(C)(C)F)CC3)ncn2)cc1. The van der Waals surface area contributed by atoms with E-state index in [9.17, 15) is 17.6 Å². The van der Waals surface area contributed by atoms with Crippen LogP contribution in [0, 0.1) is 12.8 Å². The monoisotopic (exact) mass is 502 g/mol. The van der Waals surface area contributed by atoms with Gasteiger partial charge in [0.2, 0.25) is 15.9 Å². The molecule has 2 heterocycles. The van der Waals surface area contributed by atoms with Gasteiger partial charge in [-0.2, -0.15) is 4.31 Å². The van der Waals surface area contributed by atoms with Crippen LogP contribution in [0.4, 0.5) is 4.39 Å². The van der Waals surface area contributed by atoms with Crippen molar-refractivity contribution < 1.29 is 17.6 Å². The minimum atomic E-state index is -3.75. The zero-order chi connectivity index (χ0) is 25.2. The Morgan fingerprint density at radius 1 is 1.11 bits per heavy atom. The van der Waals surface area contributed by atoms with E-state index in [1.54, 1.807) is 38.1 Å². The van der Waals surface area contributed by atoms with Gasteiger partial charge in [-0.05, 0) is 83.4 Å². The van der Waals surface area contributed by atoms with E-state index in [0.29, 0.717) is 25.1 Å². The number of hydrogen-bond acceptors (Lipinski definition) is 5. The fourth-order valence-electron chi connectivity index (χ4n) is 5.24. The van der Waals surface area contributed by atoms with E-state index in [4.69, 9.17) is 0 Å². The number of halogens is 1. The molecule has 1 unspecified atom stereocenters. The van der Waals surface area contributed by atoms with Gasteiger partial charge >= 0.3 is 0 Å². The first-order valence-corrected chi connectivity index (χ1v) is 13.9. The van der Waals surface area contributed by atoms with Crippen LogP contribution in [0.5, 0.6) is 0 Å². The molecule has 9 heteroatoms. The molecule has 7 nitrogen and oxygen atoms in total. The first-order valence-electron chi connectivity index (χ1n) is 12.4. The molecule has 2 aromatic rings. The Hall–Kier alpha value is -2.39. The summed E-state index contributed by atoms with van der Waals surface area (Å²) in [6, 6.07) is 7.86. The first kappa shape index (κ1) is 25.7. The second kappa shape index (κ2) is 10.3. The molecule has 1 N–H and O–H groups in total. The standard InChI is InChI=1S/C26H35FN4O3S/c1-18-6-12-22(13-7-18)35(33,34)31-14-4-5-24(31)25(32)28-16-21-15-23(30-17-29-21)19-8-10-20(11-9-19)26(2,3)27/h6-7,12-13,15,17,19-20,24H,4-5,8-11,14,16H2,1-3H3,(H,28,32)/t19-,20+,24?. The van der Waals surface area contributed by atoms with Crippen molar-refractivity contribution in [1.82, 2.24) is 19.6 Å². The molecule has 190 valence electrons. The fraction of sp³-hybridized carbons (Fsp3) is 0.577. The van der Waals surface area contributed by atoms with E-state index in [2.05, 4.69) is 15.3 Å². The van der Waals surface area contributed by atoms with Gasteiger partial charge in [-0.1, -0.05) is 17.7 Å². The van der Waals surface area contributed by atoms with E-state index in [0.717, 1.165) is 36.9 Å². The van der Waals surface area contributed by atoms with E-state index in [1.165, 1.54) is 10.6 Å². The van der Waals surface area contributed by atoms with Gasteiger partial charge in [-0.25, -0.2) is 22.8 Å². The Bertz CT molecular complexity index is 1140. The summed E-state index contributed by atoms with van der Waals surface area (Å²) in [6.45, 7) is 5.74. The van der Waals surface area contributed by atoms with Gasteiger partial charge in [0.05, 0.1) is 17.1 Å². The third-order valence-electron chi connectivity index (χ3n) is 7.44. The number of carbonyl (C=O) groups is 1. The number of benzene rings is 1. The summed E-state index contributed by atoms with van der Waals surface area (Å²) in [7, 11) is -3.75. The van der Waals surface area contributed by atoms with Crippen LogP contribution in [0.3, 0.4) is 0 Å². The fourth-order valence-corrected chi connectivity index (χ4v) is 6.90. The molecule has 35 heavy (non-hydrogen) atoms. The van der Waals surface area contributed by atoms with Crippen molar-refractivity contribution in [2.45, 2.75) is 88.4 Å². The number of hydrogen-bond donors (Lipinski definition) is 1. The molecule has 1 aliphatic heterocycles. The number of alkyl halides is 1. The zero-order valence-electron chi connectivity index (χ0n) is 20.7. The van der Waals surface area contributed by atoms with Crippen molar-refractivity contribution >= 4 is 15.9 Å². The lowest BCUT2D eigenvalue weighted by molar-refractivity contribution is -0.124. The molecule has 1 aromatic heterocycles. The van der Waals surface area contributed by atoms with E-state index >= 15 is 0 Å². The number of nitrogens with one attached hydrogen (secondary N) is 1. The van der Waals surface area contributed by atoms with Crippen LogP contribution in [0.1, 0.15) is 75.2 Å². The summed E-state index contributed by atoms with van der Waals surface area (Å²) < 4.78 is 41.9. The highest BCUT2D eigenvalue weighted by Crippen LogP contribution is 2.40. The van der Waals surface area contributed by atoms with E-state index in [1.807, 2.05) is 13.0 Å². The third-order valence-corrected chi connectivity index (χ3v) is 9.36. The van der Waals surface area contributed by atoms with Crippen LogP contribution >= 0.6 is 0 Å². The van der Waals surface area contributed by atoms with Gasteiger partial charge in [-0.15, -0.1) is 0 Å². The summed E-state index contributed by atoms with van der Waals surface area (Å²) in [5.74, 6) is 0.0185. The molecule has 1 saturated carbocycles. The Labute approximate surface area is 207 Å². The minimum absolute atomic E-state index is 0.0740. The number of rotatable bonds is 7. The second-order valence-corrected chi connectivity index (χ2v) is 12.2. The molecule has 1 saturated heterocycles. The largest absolute Gasteiger partial charge is 0.349 e. The maximum Gasteiger partial charge on any atom is 0.243 e. The van der Waals surface area contributed by atoms with E-state index < -0.39 is 21.7 Å². The summed E-state index contributed by atoms with van der Waals surface area (Å²) in [5.41, 5.74) is 1.42. The highest BCUT2D eigenvalue weighted by molar-refractivity contribution is 7.89. The molecular formula is C26H35FN4O3S. The highest BCUT2D eigenvalue weighted by Gasteiger charge is 2.39. The van der Waals surface area contributed by atoms with Crippen molar-refractivity contribution in [3.63, 3.8) is 0 Å². The number of aryl methyl sites for hydroxylation is 1. The van der Waals surface area contributed by atoms with Gasteiger partial charge in [0.15, 0.2) is 0 Å². The molecule has 1 amide bonds. The van der Waals surface area contributed by atoms with Gasteiger partial charge < -0.3 is 5.32 Å². The van der Waals surface area contributed by atoms with Crippen molar-refractivity contribution in [2.75, 3.05) is 6.54 Å². The summed E-state index contributed by atoms with van der Waals surface area (Å²) >= 11 is 0. The molecule has 0 radical (unpaired) electrons. The van der Waals surface area contributed by atoms with Crippen LogP contribution in [0.15, 0.2) is 41.6 Å². The highest BCUT2D eigenvalue weighted by atomic mass is 32.2. The van der Waals surface area contributed by atoms with Crippen LogP contribution < -0.4 is 5.32 Å². The van der Waals surface area contributed by atoms with Crippen LogP contribution in [-0.4, -0.2) is 46.9 Å². The third kappa shape index (κ3) is 5.89. The van der Waals surface area contributed by atoms with Crippen LogP contribution in [-0.2, 0) is 21.4 Å². The number of amides is 1. The number of aromatic nitrogens is 2. The molecule has 2 fully saturated rings. The molecular weight excluding hydrogens is 467 g/mol. The predicted octanol–water partition coefficient (Wildman–Crippen LogP) is 4.28. The number of nitrogens with zero attached hydrogens (tertiary/aromatic N) is 3. The Kier molecular flexibility index (Phi) is 7.57. The molecule has 1 aliphatic carbocycles. The van der Waals surface area contributed by atoms with Crippen LogP contribution in [0.25, 0.3) is 0 Å². The predicted molar refractivity (Wildman–Crippen MR) is 132 cm³/mol. The lowest BCUT2D eigenvalue weighted by Gasteiger charge is -2.34. The zero-order valence-corrected chi connectivity index (χ0v) is 21.5. The molecule has 4 rings (SSSR count). The smallest absolute Gasteiger partial charge is 0.243 e. The first-order chi connectivity index (χ1) is 16.6. The number of sulfonamides is 1. The van der Waals surface area contributed by atoms with E-state index in [-0.39, 0.29) is 29.2 Å². The summed E-state index contributed by atoms with van der Waals surface area (Å²) in [4.78, 5) is 21.9. The topological polar surface area (TPSA) is 92.3 Å². The lowest BCUT2D eigenvalue weighted by atomic mass is 9.74. The maximum atomic E-state index is 14.3. The Balaban J connectivity index is 1.37. The number of carbonyl (C=O) groups excluding carboxylic acids is 1. The van der Waals surface area contributed by atoms with Crippen molar-refractivity contribution in [3.05, 3.63) is 53.6 Å². The Morgan fingerprint density at radius 3 is 2.46 bits per heavy atom. The van der Waals surface area contributed by atoms with Crippen molar-refractivity contribution in [2.24, 2.45) is 5.92 Å². The average molecular weight is 503 g/mol. The Morgan fingerprint density at radius 2 is 1.80 bits per heavy atom.